The molecule has 0 atom stereocenters. The molecule has 2 nitrogen and oxygen atoms in total. The molecule has 13 aromatic rings. The Morgan fingerprint density at radius 1 is 0.273 bits per heavy atom. The number of furan rings is 1. The van der Waals surface area contributed by atoms with E-state index in [0.29, 0.717) is 0 Å². The van der Waals surface area contributed by atoms with Gasteiger partial charge >= 0.3 is 0 Å². The molecular formula is C64H41NO. The molecule has 0 spiro atoms. The molecular weight excluding hydrogens is 799 g/mol. The molecule has 2 heteroatoms. The second kappa shape index (κ2) is 15.5. The lowest BCUT2D eigenvalue weighted by Crippen LogP contribution is -2.10. The van der Waals surface area contributed by atoms with Gasteiger partial charge in [-0.05, 0) is 119 Å². The van der Waals surface area contributed by atoms with Gasteiger partial charge in [-0.15, -0.1) is 0 Å². The summed E-state index contributed by atoms with van der Waals surface area (Å²) in [6.07, 6.45) is 0. The molecule has 0 aliphatic carbocycles. The zero-order valence-corrected chi connectivity index (χ0v) is 36.0. The van der Waals surface area contributed by atoms with Gasteiger partial charge in [0.25, 0.3) is 0 Å². The van der Waals surface area contributed by atoms with Crippen molar-refractivity contribution < 1.29 is 4.42 Å². The van der Waals surface area contributed by atoms with Gasteiger partial charge in [-0.25, -0.2) is 0 Å². The normalized spacial score (nSPS) is 11.6. The van der Waals surface area contributed by atoms with Gasteiger partial charge in [0.05, 0.1) is 5.69 Å². The highest BCUT2D eigenvalue weighted by Crippen LogP contribution is 2.45. The van der Waals surface area contributed by atoms with Gasteiger partial charge in [0, 0.05) is 33.1 Å². The molecule has 0 unspecified atom stereocenters. The second-order valence-corrected chi connectivity index (χ2v) is 17.2. The molecule has 0 saturated carbocycles. The largest absolute Gasteiger partial charge is 0.455 e. The van der Waals surface area contributed by atoms with Crippen LogP contribution in [0.4, 0.5) is 17.1 Å². The van der Waals surface area contributed by atoms with Crippen LogP contribution in [0.5, 0.6) is 0 Å². The quantitative estimate of drug-likeness (QED) is 0.149. The fraction of sp³-hybridized carbons (Fsp3) is 0. The van der Waals surface area contributed by atoms with E-state index in [4.69, 9.17) is 4.42 Å². The summed E-state index contributed by atoms with van der Waals surface area (Å²) in [5.41, 5.74) is 14.5. The standard InChI is InChI=1S/C64H41NO/c1-2-14-48-40-49(29-26-42(48)12-1)43-24-27-47(28-25-43)63-54-17-6-3-13-44(54)34-39-55(63)45-30-35-51(36-31-45)65(61-41-50-15-4-5-16-53(50)57-18-7-8-19-58(57)61)52-37-32-46(33-38-52)56-21-11-22-60-59-20-9-10-23-62(59)66-64(56)60/h1-41H. The fourth-order valence-electron chi connectivity index (χ4n) is 10.2. The highest BCUT2D eigenvalue weighted by atomic mass is 16.3. The number of rotatable bonds is 7. The minimum atomic E-state index is 0.903. The van der Waals surface area contributed by atoms with Crippen molar-refractivity contribution in [2.24, 2.45) is 0 Å². The molecule has 0 amide bonds. The lowest BCUT2D eigenvalue weighted by atomic mass is 9.89. The van der Waals surface area contributed by atoms with Crippen LogP contribution in [0.3, 0.4) is 0 Å². The van der Waals surface area contributed by atoms with E-state index in [1.165, 1.54) is 70.9 Å². The van der Waals surface area contributed by atoms with Crippen LogP contribution in [0, 0.1) is 0 Å². The van der Waals surface area contributed by atoms with Gasteiger partial charge in [-0.2, -0.15) is 0 Å². The Hall–Kier alpha value is -8.72. The zero-order valence-electron chi connectivity index (χ0n) is 36.0. The zero-order chi connectivity index (χ0) is 43.6. The van der Waals surface area contributed by atoms with Crippen molar-refractivity contribution in [3.8, 4) is 44.5 Å². The summed E-state index contributed by atoms with van der Waals surface area (Å²) in [6, 6.07) is 90.4. The Morgan fingerprint density at radius 2 is 0.803 bits per heavy atom. The molecule has 1 aromatic heterocycles. The lowest BCUT2D eigenvalue weighted by Gasteiger charge is -2.28. The van der Waals surface area contributed by atoms with E-state index in [9.17, 15) is 0 Å². The van der Waals surface area contributed by atoms with Crippen LogP contribution in [0.1, 0.15) is 0 Å². The van der Waals surface area contributed by atoms with Crippen molar-refractivity contribution in [3.05, 3.63) is 249 Å². The average Bonchev–Trinajstić information content (AvgIpc) is 3.78. The average molecular weight is 840 g/mol. The van der Waals surface area contributed by atoms with E-state index in [1.807, 2.05) is 12.1 Å². The Kier molecular flexibility index (Phi) is 8.89. The topological polar surface area (TPSA) is 16.4 Å². The van der Waals surface area contributed by atoms with Gasteiger partial charge < -0.3 is 9.32 Å². The third kappa shape index (κ3) is 6.34. The van der Waals surface area contributed by atoms with Crippen LogP contribution in [-0.4, -0.2) is 0 Å². The van der Waals surface area contributed by atoms with Crippen LogP contribution < -0.4 is 4.90 Å². The van der Waals surface area contributed by atoms with Crippen molar-refractivity contribution in [2.75, 3.05) is 4.90 Å². The van der Waals surface area contributed by atoms with E-state index >= 15 is 0 Å². The molecule has 0 fully saturated rings. The van der Waals surface area contributed by atoms with E-state index < -0.39 is 0 Å². The Balaban J connectivity index is 0.932. The highest BCUT2D eigenvalue weighted by molar-refractivity contribution is 6.15. The molecule has 308 valence electrons. The number of para-hydroxylation sites is 2. The predicted octanol–water partition coefficient (Wildman–Crippen LogP) is 18.3. The molecule has 13 rings (SSSR count). The van der Waals surface area contributed by atoms with Crippen molar-refractivity contribution in [3.63, 3.8) is 0 Å². The fourth-order valence-corrected chi connectivity index (χ4v) is 10.2. The summed E-state index contributed by atoms with van der Waals surface area (Å²) in [6.45, 7) is 0. The first-order valence-corrected chi connectivity index (χ1v) is 22.7. The summed E-state index contributed by atoms with van der Waals surface area (Å²) in [7, 11) is 0. The second-order valence-electron chi connectivity index (χ2n) is 17.2. The maximum absolute atomic E-state index is 6.48. The molecule has 0 radical (unpaired) electrons. The van der Waals surface area contributed by atoms with Gasteiger partial charge in [-0.1, -0.05) is 206 Å². The van der Waals surface area contributed by atoms with E-state index in [2.05, 4.69) is 241 Å². The van der Waals surface area contributed by atoms with Gasteiger partial charge in [-0.3, -0.25) is 0 Å². The molecule has 1 heterocycles. The number of anilines is 3. The smallest absolute Gasteiger partial charge is 0.143 e. The first-order valence-electron chi connectivity index (χ1n) is 22.7. The van der Waals surface area contributed by atoms with Crippen LogP contribution >= 0.6 is 0 Å². The first-order chi connectivity index (χ1) is 32.7. The maximum Gasteiger partial charge on any atom is 0.143 e. The van der Waals surface area contributed by atoms with Crippen LogP contribution in [0.25, 0.3) is 110 Å². The molecule has 66 heavy (non-hydrogen) atoms. The summed E-state index contributed by atoms with van der Waals surface area (Å²) in [5, 5.41) is 12.1. The SMILES string of the molecule is c1ccc2cc(-c3ccc(-c4c(-c5ccc(N(c6ccc(-c7cccc8c7oc7ccccc78)cc6)c6cc7ccccc7c7ccccc67)cc5)ccc5ccccc45)cc3)ccc2c1. The monoisotopic (exact) mass is 839 g/mol. The van der Waals surface area contributed by atoms with Crippen molar-refractivity contribution in [2.45, 2.75) is 0 Å². The summed E-state index contributed by atoms with van der Waals surface area (Å²) >= 11 is 0. The van der Waals surface area contributed by atoms with Crippen molar-refractivity contribution in [1.29, 1.82) is 0 Å². The Bertz CT molecular complexity index is 3970. The third-order valence-electron chi connectivity index (χ3n) is 13.4. The molecule has 0 aliphatic heterocycles. The minimum Gasteiger partial charge on any atom is -0.455 e. The van der Waals surface area contributed by atoms with Crippen LogP contribution in [-0.2, 0) is 0 Å². The summed E-state index contributed by atoms with van der Waals surface area (Å²) in [5.74, 6) is 0. The number of hydrogen-bond donors (Lipinski definition) is 0. The number of hydrogen-bond acceptors (Lipinski definition) is 2. The van der Waals surface area contributed by atoms with Gasteiger partial charge in [0.15, 0.2) is 0 Å². The summed E-state index contributed by atoms with van der Waals surface area (Å²) < 4.78 is 6.48. The number of benzene rings is 12. The van der Waals surface area contributed by atoms with E-state index in [1.54, 1.807) is 0 Å². The minimum absolute atomic E-state index is 0.903. The summed E-state index contributed by atoms with van der Waals surface area (Å²) in [4.78, 5) is 2.41. The third-order valence-corrected chi connectivity index (χ3v) is 13.4. The highest BCUT2D eigenvalue weighted by Gasteiger charge is 2.20. The molecule has 0 aliphatic rings. The van der Waals surface area contributed by atoms with E-state index in [-0.39, 0.29) is 0 Å². The molecule has 0 saturated heterocycles. The van der Waals surface area contributed by atoms with Crippen molar-refractivity contribution >= 4 is 82.1 Å². The van der Waals surface area contributed by atoms with Gasteiger partial charge in [0.1, 0.15) is 11.2 Å². The molecule has 0 N–H and O–H groups in total. The number of fused-ring (bicyclic) bond motifs is 8. The van der Waals surface area contributed by atoms with Crippen LogP contribution in [0.2, 0.25) is 0 Å². The Morgan fingerprint density at radius 3 is 1.56 bits per heavy atom. The Labute approximate surface area is 382 Å². The number of nitrogens with zero attached hydrogens (tertiary/aromatic N) is 1. The van der Waals surface area contributed by atoms with Crippen LogP contribution in [0.15, 0.2) is 253 Å². The lowest BCUT2D eigenvalue weighted by molar-refractivity contribution is 0.670. The first kappa shape index (κ1) is 37.8. The van der Waals surface area contributed by atoms with E-state index in [0.717, 1.165) is 55.7 Å². The van der Waals surface area contributed by atoms with Crippen molar-refractivity contribution in [1.82, 2.24) is 0 Å². The maximum atomic E-state index is 6.48. The van der Waals surface area contributed by atoms with Gasteiger partial charge in [0.2, 0.25) is 0 Å². The molecule has 12 aromatic carbocycles. The molecule has 0 bridgehead atoms. The predicted molar refractivity (Wildman–Crippen MR) is 280 cm³/mol.